The second-order valence-electron chi connectivity index (χ2n) is 12.7. The van der Waals surface area contributed by atoms with Crippen molar-refractivity contribution in [3.05, 3.63) is 64.8 Å². The average Bonchev–Trinajstić information content (AvgIpc) is 3.65. The third-order valence-electron chi connectivity index (χ3n) is 10.2. The van der Waals surface area contributed by atoms with E-state index in [2.05, 4.69) is 27.3 Å². The third-order valence-corrected chi connectivity index (χ3v) is 10.5. The lowest BCUT2D eigenvalue weighted by Gasteiger charge is -2.42. The minimum atomic E-state index is -1.03. The van der Waals surface area contributed by atoms with Crippen molar-refractivity contribution in [1.82, 2.24) is 19.8 Å². The van der Waals surface area contributed by atoms with E-state index in [0.717, 1.165) is 61.1 Å². The fourth-order valence-electron chi connectivity index (χ4n) is 7.89. The van der Waals surface area contributed by atoms with E-state index in [1.165, 1.54) is 11.0 Å². The molecule has 240 valence electrons. The predicted molar refractivity (Wildman–Crippen MR) is 172 cm³/mol. The van der Waals surface area contributed by atoms with Gasteiger partial charge in [-0.25, -0.2) is 8.78 Å². The molecule has 0 aliphatic carbocycles. The van der Waals surface area contributed by atoms with Crippen LogP contribution >= 0.6 is 11.6 Å². The SMILES string of the molecule is C=C(F)C(=O)N1CCN(c2nc(OCC34CCCN3CCC4)nc3c2CCN(c2cccc4ccc(F)c(Cl)c24)C3)C[C@@H]1CC#N. The molecule has 2 aromatic carbocycles. The molecule has 4 aliphatic rings. The second-order valence-corrected chi connectivity index (χ2v) is 13.1. The van der Waals surface area contributed by atoms with E-state index in [1.54, 1.807) is 6.07 Å². The smallest absolute Gasteiger partial charge is 0.318 e. The summed E-state index contributed by atoms with van der Waals surface area (Å²) in [5.74, 6) is -1.57. The fraction of sp³-hybridized carbons (Fsp3) is 0.471. The number of anilines is 2. The molecule has 1 amide bonds. The van der Waals surface area contributed by atoms with E-state index in [1.807, 2.05) is 18.2 Å². The molecule has 3 saturated heterocycles. The highest BCUT2D eigenvalue weighted by Gasteiger charge is 2.45. The maximum Gasteiger partial charge on any atom is 0.318 e. The standard InChI is InChI=1S/C34H36ClF2N7O2/c1-22(36)32(45)44-18-17-42(19-24(44)9-13-38)31-25-10-16-41(28-6-2-5-23-7-8-26(37)30(35)29(23)28)20-27(25)39-33(40-31)46-21-34-11-3-14-43(34)15-4-12-34/h2,5-8,24H,1,3-4,9-12,14-21H2/t24-/m0/s1. The number of aromatic nitrogens is 2. The molecule has 3 fully saturated rings. The van der Waals surface area contributed by atoms with Gasteiger partial charge in [0.05, 0.1) is 41.3 Å². The number of halogens is 3. The Labute approximate surface area is 272 Å². The van der Waals surface area contributed by atoms with Crippen molar-refractivity contribution in [1.29, 1.82) is 5.26 Å². The number of piperazine rings is 1. The molecule has 1 atom stereocenters. The first kappa shape index (κ1) is 30.6. The van der Waals surface area contributed by atoms with Gasteiger partial charge in [-0.1, -0.05) is 36.4 Å². The Morgan fingerprint density at radius 2 is 1.91 bits per heavy atom. The first-order chi connectivity index (χ1) is 22.3. The maximum atomic E-state index is 14.6. The van der Waals surface area contributed by atoms with Crippen LogP contribution in [0.4, 0.5) is 20.3 Å². The number of nitrogens with zero attached hydrogens (tertiary/aromatic N) is 7. The molecular formula is C34H36ClF2N7O2. The van der Waals surface area contributed by atoms with Gasteiger partial charge in [0.15, 0.2) is 5.83 Å². The molecule has 0 N–H and O–H groups in total. The summed E-state index contributed by atoms with van der Waals surface area (Å²) >= 11 is 6.50. The van der Waals surface area contributed by atoms with Gasteiger partial charge < -0.3 is 19.4 Å². The highest BCUT2D eigenvalue weighted by atomic mass is 35.5. The number of benzene rings is 2. The number of ether oxygens (including phenoxy) is 1. The summed E-state index contributed by atoms with van der Waals surface area (Å²) in [7, 11) is 0. The Kier molecular flexibility index (Phi) is 8.19. The van der Waals surface area contributed by atoms with Crippen molar-refractivity contribution in [2.45, 2.75) is 56.7 Å². The minimum absolute atomic E-state index is 0.00781. The second kappa shape index (κ2) is 12.3. The van der Waals surface area contributed by atoms with E-state index in [-0.39, 0.29) is 29.5 Å². The van der Waals surface area contributed by atoms with Gasteiger partial charge in [-0.2, -0.15) is 15.2 Å². The lowest BCUT2D eigenvalue weighted by atomic mass is 9.95. The van der Waals surface area contributed by atoms with Gasteiger partial charge in [0.25, 0.3) is 5.91 Å². The molecule has 0 unspecified atom stereocenters. The van der Waals surface area contributed by atoms with Gasteiger partial charge in [-0.15, -0.1) is 0 Å². The van der Waals surface area contributed by atoms with Crippen LogP contribution in [0.15, 0.2) is 42.7 Å². The first-order valence-corrected chi connectivity index (χ1v) is 16.3. The Morgan fingerprint density at radius 3 is 2.67 bits per heavy atom. The number of carbonyl (C=O) groups excluding carboxylic acids is 1. The zero-order valence-electron chi connectivity index (χ0n) is 25.7. The molecular weight excluding hydrogens is 612 g/mol. The zero-order chi connectivity index (χ0) is 32.0. The molecule has 1 aromatic heterocycles. The van der Waals surface area contributed by atoms with Gasteiger partial charge >= 0.3 is 6.01 Å². The summed E-state index contributed by atoms with van der Waals surface area (Å²) in [6.45, 7) is 7.85. The van der Waals surface area contributed by atoms with Crippen molar-refractivity contribution in [3.8, 4) is 12.1 Å². The van der Waals surface area contributed by atoms with Crippen LogP contribution in [0.2, 0.25) is 5.02 Å². The van der Waals surface area contributed by atoms with Crippen LogP contribution < -0.4 is 14.5 Å². The summed E-state index contributed by atoms with van der Waals surface area (Å²) < 4.78 is 34.9. The average molecular weight is 648 g/mol. The fourth-order valence-corrected chi connectivity index (χ4v) is 8.15. The molecule has 5 heterocycles. The van der Waals surface area contributed by atoms with E-state index in [9.17, 15) is 18.8 Å². The topological polar surface area (TPSA) is 88.8 Å². The van der Waals surface area contributed by atoms with Crippen molar-refractivity contribution in [2.75, 3.05) is 55.7 Å². The Balaban J connectivity index is 1.24. The third kappa shape index (κ3) is 5.41. The van der Waals surface area contributed by atoms with E-state index < -0.39 is 23.6 Å². The first-order valence-electron chi connectivity index (χ1n) is 15.9. The number of nitriles is 1. The van der Waals surface area contributed by atoms with Gasteiger partial charge in [0.1, 0.15) is 18.2 Å². The number of hydrogen-bond donors (Lipinski definition) is 0. The summed E-state index contributed by atoms with van der Waals surface area (Å²) in [5, 5.41) is 11.1. The highest BCUT2D eigenvalue weighted by molar-refractivity contribution is 6.36. The molecule has 4 aliphatic heterocycles. The van der Waals surface area contributed by atoms with Gasteiger partial charge in [0, 0.05) is 42.8 Å². The Hall–Kier alpha value is -4.01. The summed E-state index contributed by atoms with van der Waals surface area (Å²) in [6.07, 6.45) is 5.13. The normalized spacial score (nSPS) is 20.8. The molecule has 0 bridgehead atoms. The Bertz CT molecular complexity index is 1740. The lowest BCUT2D eigenvalue weighted by molar-refractivity contribution is -0.131. The van der Waals surface area contributed by atoms with Gasteiger partial charge in [0.2, 0.25) is 0 Å². The van der Waals surface area contributed by atoms with Crippen LogP contribution in [0.25, 0.3) is 10.8 Å². The largest absolute Gasteiger partial charge is 0.461 e. The zero-order valence-corrected chi connectivity index (χ0v) is 26.4. The van der Waals surface area contributed by atoms with Crippen molar-refractivity contribution in [2.24, 2.45) is 0 Å². The predicted octanol–water partition coefficient (Wildman–Crippen LogP) is 5.41. The monoisotopic (exact) mass is 647 g/mol. The molecule has 3 aromatic rings. The molecule has 0 saturated carbocycles. The van der Waals surface area contributed by atoms with E-state index in [0.29, 0.717) is 50.4 Å². The lowest BCUT2D eigenvalue weighted by Crippen LogP contribution is -2.55. The number of hydrogen-bond acceptors (Lipinski definition) is 8. The van der Waals surface area contributed by atoms with Crippen molar-refractivity contribution in [3.63, 3.8) is 0 Å². The molecule has 46 heavy (non-hydrogen) atoms. The molecule has 7 rings (SSSR count). The molecule has 12 heteroatoms. The minimum Gasteiger partial charge on any atom is -0.461 e. The van der Waals surface area contributed by atoms with Crippen LogP contribution in [0.3, 0.4) is 0 Å². The quantitative estimate of drug-likeness (QED) is 0.315. The number of fused-ring (bicyclic) bond motifs is 3. The Morgan fingerprint density at radius 1 is 1.11 bits per heavy atom. The van der Waals surface area contributed by atoms with Crippen molar-refractivity contribution < 1.29 is 18.3 Å². The highest BCUT2D eigenvalue weighted by Crippen LogP contribution is 2.41. The van der Waals surface area contributed by atoms with E-state index >= 15 is 0 Å². The van der Waals surface area contributed by atoms with Crippen LogP contribution in [0.5, 0.6) is 6.01 Å². The molecule has 9 nitrogen and oxygen atoms in total. The summed E-state index contributed by atoms with van der Waals surface area (Å²) in [5.41, 5.74) is 2.60. The number of carbonyl (C=O) groups is 1. The number of amides is 1. The van der Waals surface area contributed by atoms with Crippen molar-refractivity contribution >= 4 is 39.8 Å². The molecule has 0 spiro atoms. The summed E-state index contributed by atoms with van der Waals surface area (Å²) in [6, 6.07) is 10.8. The van der Waals surface area contributed by atoms with Crippen LogP contribution in [0, 0.1) is 17.1 Å². The van der Waals surface area contributed by atoms with Gasteiger partial charge in [-0.3, -0.25) is 9.69 Å². The summed E-state index contributed by atoms with van der Waals surface area (Å²) in [4.78, 5) is 30.6. The number of rotatable bonds is 7. The van der Waals surface area contributed by atoms with Gasteiger partial charge in [-0.05, 0) is 62.7 Å². The molecule has 0 radical (unpaired) electrons. The van der Waals surface area contributed by atoms with Crippen LogP contribution in [0.1, 0.15) is 43.4 Å². The maximum absolute atomic E-state index is 14.6. The van der Waals surface area contributed by atoms with E-state index in [4.69, 9.17) is 26.3 Å². The van der Waals surface area contributed by atoms with Crippen LogP contribution in [-0.2, 0) is 17.8 Å². The van der Waals surface area contributed by atoms with Crippen LogP contribution in [-0.4, -0.2) is 83.1 Å².